The number of anilines is 1. The molecule has 2 aromatic carbocycles. The van der Waals surface area contributed by atoms with Crippen molar-refractivity contribution in [2.24, 2.45) is 0 Å². The van der Waals surface area contributed by atoms with Crippen LogP contribution in [0.2, 0.25) is 0 Å². The molecule has 0 radical (unpaired) electrons. The number of hydrogen-bond acceptors (Lipinski definition) is 4. The Morgan fingerprint density at radius 1 is 1.14 bits per heavy atom. The van der Waals surface area contributed by atoms with E-state index in [1.165, 1.54) is 7.11 Å². The summed E-state index contributed by atoms with van der Waals surface area (Å²) < 4.78 is 10.5. The van der Waals surface area contributed by atoms with Gasteiger partial charge in [-0.15, -0.1) is 0 Å². The minimum atomic E-state index is -0.410. The molecule has 2 aromatic rings. The third kappa shape index (κ3) is 3.34. The van der Waals surface area contributed by atoms with Gasteiger partial charge in [0.15, 0.2) is 0 Å². The molecule has 0 amide bonds. The van der Waals surface area contributed by atoms with Crippen molar-refractivity contribution in [3.8, 4) is 5.75 Å². The van der Waals surface area contributed by atoms with E-state index in [1.807, 2.05) is 32.0 Å². The van der Waals surface area contributed by atoms with Crippen LogP contribution in [0.25, 0.3) is 0 Å². The first-order chi connectivity index (χ1) is 10.0. The zero-order valence-corrected chi connectivity index (χ0v) is 12.5. The second kappa shape index (κ2) is 6.31. The average molecular weight is 285 g/mol. The highest BCUT2D eigenvalue weighted by atomic mass is 16.5. The summed E-state index contributed by atoms with van der Waals surface area (Å²) in [6, 6.07) is 11.0. The Hall–Kier alpha value is -2.49. The van der Waals surface area contributed by atoms with Crippen molar-refractivity contribution in [2.45, 2.75) is 20.5 Å². The van der Waals surface area contributed by atoms with Crippen LogP contribution >= 0.6 is 0 Å². The number of aryl methyl sites for hydroxylation is 2. The molecule has 0 spiro atoms. The van der Waals surface area contributed by atoms with Gasteiger partial charge >= 0.3 is 5.97 Å². The van der Waals surface area contributed by atoms with E-state index >= 15 is 0 Å². The third-order valence-corrected chi connectivity index (χ3v) is 3.45. The van der Waals surface area contributed by atoms with E-state index in [2.05, 4.69) is 0 Å². The van der Waals surface area contributed by atoms with Crippen LogP contribution in [0.3, 0.4) is 0 Å². The Bertz CT molecular complexity index is 645. The molecule has 4 nitrogen and oxygen atoms in total. The number of methoxy groups -OCH3 is 1. The number of nitrogen functional groups attached to an aromatic ring is 1. The minimum Gasteiger partial charge on any atom is -0.487 e. The Labute approximate surface area is 124 Å². The average Bonchev–Trinajstić information content (AvgIpc) is 2.47. The number of carbonyl (C=O) groups is 1. The lowest BCUT2D eigenvalue weighted by Gasteiger charge is -2.13. The molecule has 4 heteroatoms. The topological polar surface area (TPSA) is 61.5 Å². The molecule has 0 aromatic heterocycles. The van der Waals surface area contributed by atoms with Crippen LogP contribution in [0.4, 0.5) is 5.69 Å². The number of benzene rings is 2. The van der Waals surface area contributed by atoms with Crippen LogP contribution in [-0.4, -0.2) is 13.1 Å². The maximum atomic E-state index is 11.5. The van der Waals surface area contributed by atoms with Gasteiger partial charge in [-0.05, 0) is 48.7 Å². The van der Waals surface area contributed by atoms with Crippen molar-refractivity contribution >= 4 is 11.7 Å². The fraction of sp³-hybridized carbons (Fsp3) is 0.235. The minimum absolute atomic E-state index is 0.410. The summed E-state index contributed by atoms with van der Waals surface area (Å²) in [5.41, 5.74) is 10.3. The smallest absolute Gasteiger partial charge is 0.337 e. The van der Waals surface area contributed by atoms with Crippen molar-refractivity contribution in [2.75, 3.05) is 12.8 Å². The molecule has 2 rings (SSSR count). The van der Waals surface area contributed by atoms with Gasteiger partial charge in [0, 0.05) is 0 Å². The molecule has 0 saturated heterocycles. The van der Waals surface area contributed by atoms with Gasteiger partial charge in [0.25, 0.3) is 0 Å². The van der Waals surface area contributed by atoms with Crippen LogP contribution in [-0.2, 0) is 11.3 Å². The first kappa shape index (κ1) is 14.9. The monoisotopic (exact) mass is 285 g/mol. The number of rotatable bonds is 4. The highest BCUT2D eigenvalue weighted by Gasteiger charge is 2.10. The van der Waals surface area contributed by atoms with Gasteiger partial charge in [-0.25, -0.2) is 4.79 Å². The summed E-state index contributed by atoms with van der Waals surface area (Å²) in [7, 11) is 1.34. The van der Waals surface area contributed by atoms with Crippen LogP contribution in [0.1, 0.15) is 27.0 Å². The zero-order valence-electron chi connectivity index (χ0n) is 12.5. The van der Waals surface area contributed by atoms with Crippen LogP contribution < -0.4 is 10.5 Å². The second-order valence-electron chi connectivity index (χ2n) is 4.90. The molecule has 0 heterocycles. The lowest BCUT2D eigenvalue weighted by atomic mass is 10.0. The van der Waals surface area contributed by atoms with Crippen LogP contribution in [0.5, 0.6) is 5.75 Å². The van der Waals surface area contributed by atoms with Gasteiger partial charge in [0.05, 0.1) is 18.4 Å². The first-order valence-corrected chi connectivity index (χ1v) is 6.68. The van der Waals surface area contributed by atoms with E-state index < -0.39 is 5.97 Å². The predicted octanol–water partition coefficient (Wildman–Crippen LogP) is 3.25. The summed E-state index contributed by atoms with van der Waals surface area (Å²) in [4.78, 5) is 11.5. The lowest BCUT2D eigenvalue weighted by molar-refractivity contribution is 0.0600. The van der Waals surface area contributed by atoms with E-state index in [0.717, 1.165) is 16.7 Å². The van der Waals surface area contributed by atoms with Crippen LogP contribution in [0.15, 0.2) is 36.4 Å². The molecule has 0 saturated carbocycles. The van der Waals surface area contributed by atoms with Crippen LogP contribution in [0, 0.1) is 13.8 Å². The largest absolute Gasteiger partial charge is 0.487 e. The summed E-state index contributed by atoms with van der Waals surface area (Å²) >= 11 is 0. The molecule has 110 valence electrons. The molecule has 0 unspecified atom stereocenters. The summed E-state index contributed by atoms with van der Waals surface area (Å²) in [5, 5.41) is 0. The van der Waals surface area contributed by atoms with Gasteiger partial charge in [0.2, 0.25) is 0 Å². The quantitative estimate of drug-likeness (QED) is 0.692. The molecule has 0 atom stereocenters. The number of ether oxygens (including phenoxy) is 2. The van der Waals surface area contributed by atoms with E-state index in [1.54, 1.807) is 18.2 Å². The van der Waals surface area contributed by atoms with Gasteiger partial charge in [-0.2, -0.15) is 0 Å². The number of esters is 1. The molecule has 0 aliphatic rings. The fourth-order valence-corrected chi connectivity index (χ4v) is 2.13. The maximum Gasteiger partial charge on any atom is 0.337 e. The van der Waals surface area contributed by atoms with E-state index in [9.17, 15) is 4.79 Å². The van der Waals surface area contributed by atoms with Gasteiger partial charge in [0.1, 0.15) is 12.4 Å². The lowest BCUT2D eigenvalue weighted by Crippen LogP contribution is -2.05. The Morgan fingerprint density at radius 2 is 1.81 bits per heavy atom. The van der Waals surface area contributed by atoms with Crippen molar-refractivity contribution in [1.82, 2.24) is 0 Å². The normalized spacial score (nSPS) is 10.2. The predicted molar refractivity (Wildman–Crippen MR) is 82.4 cm³/mol. The van der Waals surface area contributed by atoms with Gasteiger partial charge in [-0.1, -0.05) is 18.2 Å². The zero-order chi connectivity index (χ0) is 15.4. The third-order valence-electron chi connectivity index (χ3n) is 3.45. The Morgan fingerprint density at radius 3 is 2.43 bits per heavy atom. The number of carbonyl (C=O) groups excluding carboxylic acids is 1. The number of nitrogens with two attached hydrogens (primary N) is 1. The van der Waals surface area contributed by atoms with Gasteiger partial charge in [-0.3, -0.25) is 0 Å². The summed E-state index contributed by atoms with van der Waals surface area (Å²) in [6.45, 7) is 4.49. The van der Waals surface area contributed by atoms with E-state index in [-0.39, 0.29) is 0 Å². The molecule has 0 aliphatic carbocycles. The highest BCUT2D eigenvalue weighted by Crippen LogP contribution is 2.25. The molecule has 0 bridgehead atoms. The van der Waals surface area contributed by atoms with E-state index in [4.69, 9.17) is 15.2 Å². The van der Waals surface area contributed by atoms with Crippen molar-refractivity contribution in [3.63, 3.8) is 0 Å². The first-order valence-electron chi connectivity index (χ1n) is 6.68. The number of hydrogen-bond donors (Lipinski definition) is 1. The molecule has 2 N–H and O–H groups in total. The van der Waals surface area contributed by atoms with Crippen molar-refractivity contribution in [3.05, 3.63) is 58.7 Å². The van der Waals surface area contributed by atoms with Crippen molar-refractivity contribution in [1.29, 1.82) is 0 Å². The van der Waals surface area contributed by atoms with Gasteiger partial charge < -0.3 is 15.2 Å². The standard InChI is InChI=1S/C17H19NO3/c1-11-5-4-6-12(2)14(11)10-21-16-9-13(17(19)20-3)7-8-15(16)18/h4-9H,10,18H2,1-3H3. The maximum absolute atomic E-state index is 11.5. The molecule has 0 aliphatic heterocycles. The van der Waals surface area contributed by atoms with E-state index in [0.29, 0.717) is 23.6 Å². The Kier molecular flexibility index (Phi) is 4.48. The molecule has 21 heavy (non-hydrogen) atoms. The molecular weight excluding hydrogens is 266 g/mol. The molecule has 0 fully saturated rings. The fourth-order valence-electron chi connectivity index (χ4n) is 2.13. The SMILES string of the molecule is COC(=O)c1ccc(N)c(OCc2c(C)cccc2C)c1. The summed E-state index contributed by atoms with van der Waals surface area (Å²) in [6.07, 6.45) is 0. The summed E-state index contributed by atoms with van der Waals surface area (Å²) in [5.74, 6) is 0.0764. The Balaban J connectivity index is 2.22. The van der Waals surface area contributed by atoms with Crippen molar-refractivity contribution < 1.29 is 14.3 Å². The highest BCUT2D eigenvalue weighted by molar-refractivity contribution is 5.90. The molecular formula is C17H19NO3. The second-order valence-corrected chi connectivity index (χ2v) is 4.90.